The van der Waals surface area contributed by atoms with Crippen molar-refractivity contribution in [1.29, 1.82) is 0 Å². The molecule has 2 aromatic heterocycles. The molecule has 112 valence electrons. The SMILES string of the molecule is CC(=O)N1CCOC(Cn2cnc3c(C)csc3c2=O)C1. The number of nitrogens with zero attached hydrogens (tertiary/aromatic N) is 3. The van der Waals surface area contributed by atoms with Crippen LogP contribution in [0, 0.1) is 6.92 Å². The molecule has 0 radical (unpaired) electrons. The Morgan fingerprint density at radius 1 is 1.57 bits per heavy atom. The van der Waals surface area contributed by atoms with E-state index in [-0.39, 0.29) is 17.6 Å². The molecule has 1 atom stereocenters. The smallest absolute Gasteiger partial charge is 0.271 e. The number of carbonyl (C=O) groups excluding carboxylic acids is 1. The Morgan fingerprint density at radius 2 is 2.38 bits per heavy atom. The van der Waals surface area contributed by atoms with Gasteiger partial charge in [-0.15, -0.1) is 11.3 Å². The molecule has 3 heterocycles. The molecule has 1 saturated heterocycles. The van der Waals surface area contributed by atoms with Crippen LogP contribution >= 0.6 is 11.3 Å². The van der Waals surface area contributed by atoms with Crippen LogP contribution in [0.25, 0.3) is 10.2 Å². The molecular formula is C14H17N3O3S. The summed E-state index contributed by atoms with van der Waals surface area (Å²) < 4.78 is 7.91. The molecular weight excluding hydrogens is 290 g/mol. The quantitative estimate of drug-likeness (QED) is 0.831. The zero-order chi connectivity index (χ0) is 15.0. The van der Waals surface area contributed by atoms with Gasteiger partial charge in [0.05, 0.1) is 31.1 Å². The average molecular weight is 307 g/mol. The standard InChI is InChI=1S/C14H17N3O3S/c1-9-7-21-13-12(9)15-8-17(14(13)19)6-11-5-16(10(2)18)3-4-20-11/h7-8,11H,3-6H2,1-2H3. The third-order valence-corrected chi connectivity index (χ3v) is 4.78. The normalized spacial score (nSPS) is 19.1. The lowest BCUT2D eigenvalue weighted by molar-refractivity contribution is -0.136. The second-order valence-corrected chi connectivity index (χ2v) is 6.14. The van der Waals surface area contributed by atoms with Crippen molar-refractivity contribution in [2.24, 2.45) is 0 Å². The van der Waals surface area contributed by atoms with E-state index in [0.717, 1.165) is 11.1 Å². The highest BCUT2D eigenvalue weighted by Gasteiger charge is 2.23. The summed E-state index contributed by atoms with van der Waals surface area (Å²) >= 11 is 1.42. The monoisotopic (exact) mass is 307 g/mol. The molecule has 0 aromatic carbocycles. The number of hydrogen-bond acceptors (Lipinski definition) is 5. The summed E-state index contributed by atoms with van der Waals surface area (Å²) in [4.78, 5) is 30.0. The van der Waals surface area contributed by atoms with E-state index in [9.17, 15) is 9.59 Å². The van der Waals surface area contributed by atoms with Gasteiger partial charge in [0.25, 0.3) is 5.56 Å². The lowest BCUT2D eigenvalue weighted by atomic mass is 10.2. The largest absolute Gasteiger partial charge is 0.373 e. The molecule has 6 nitrogen and oxygen atoms in total. The lowest BCUT2D eigenvalue weighted by Gasteiger charge is -2.32. The van der Waals surface area contributed by atoms with E-state index in [1.54, 1.807) is 22.7 Å². The Labute approximate surface area is 126 Å². The lowest BCUT2D eigenvalue weighted by Crippen LogP contribution is -2.47. The first-order valence-corrected chi connectivity index (χ1v) is 7.74. The zero-order valence-corrected chi connectivity index (χ0v) is 12.9. The Hall–Kier alpha value is -1.73. The fourth-order valence-corrected chi connectivity index (χ4v) is 3.48. The molecule has 1 aliphatic heterocycles. The predicted octanol–water partition coefficient (Wildman–Crippen LogP) is 1.01. The Kier molecular flexibility index (Phi) is 3.77. The highest BCUT2D eigenvalue weighted by Crippen LogP contribution is 2.19. The number of carbonyl (C=O) groups is 1. The van der Waals surface area contributed by atoms with Gasteiger partial charge in [-0.3, -0.25) is 14.2 Å². The van der Waals surface area contributed by atoms with Crippen molar-refractivity contribution >= 4 is 27.5 Å². The number of morpholine rings is 1. The number of ether oxygens (including phenoxy) is 1. The second kappa shape index (κ2) is 5.57. The highest BCUT2D eigenvalue weighted by atomic mass is 32.1. The van der Waals surface area contributed by atoms with Gasteiger partial charge in [-0.05, 0) is 17.9 Å². The highest BCUT2D eigenvalue weighted by molar-refractivity contribution is 7.17. The van der Waals surface area contributed by atoms with Crippen LogP contribution in [0.2, 0.25) is 0 Å². The molecule has 1 amide bonds. The molecule has 0 saturated carbocycles. The van der Waals surface area contributed by atoms with E-state index in [4.69, 9.17) is 4.74 Å². The Balaban J connectivity index is 1.83. The van der Waals surface area contributed by atoms with Gasteiger partial charge in [0, 0.05) is 20.0 Å². The molecule has 0 spiro atoms. The van der Waals surface area contributed by atoms with Crippen LogP contribution in [0.4, 0.5) is 0 Å². The number of fused-ring (bicyclic) bond motifs is 1. The minimum Gasteiger partial charge on any atom is -0.373 e. The zero-order valence-electron chi connectivity index (χ0n) is 12.0. The molecule has 1 fully saturated rings. The third-order valence-electron chi connectivity index (χ3n) is 3.71. The summed E-state index contributed by atoms with van der Waals surface area (Å²) in [5, 5.41) is 1.94. The number of aromatic nitrogens is 2. The predicted molar refractivity (Wildman–Crippen MR) is 80.6 cm³/mol. The van der Waals surface area contributed by atoms with Crippen LogP contribution in [0.15, 0.2) is 16.5 Å². The first-order valence-electron chi connectivity index (χ1n) is 6.86. The molecule has 3 rings (SSSR count). The maximum Gasteiger partial charge on any atom is 0.271 e. The first kappa shape index (κ1) is 14.2. The summed E-state index contributed by atoms with van der Waals surface area (Å²) in [5.74, 6) is 0.0399. The molecule has 0 N–H and O–H groups in total. The molecule has 7 heteroatoms. The van der Waals surface area contributed by atoms with Gasteiger partial charge in [-0.1, -0.05) is 0 Å². The van der Waals surface area contributed by atoms with E-state index in [1.807, 2.05) is 12.3 Å². The topological polar surface area (TPSA) is 64.4 Å². The molecule has 0 bridgehead atoms. The molecule has 1 aliphatic rings. The van der Waals surface area contributed by atoms with Gasteiger partial charge in [0.15, 0.2) is 0 Å². The number of hydrogen-bond donors (Lipinski definition) is 0. The van der Waals surface area contributed by atoms with Crippen LogP contribution in [0.5, 0.6) is 0 Å². The van der Waals surface area contributed by atoms with Gasteiger partial charge in [0.2, 0.25) is 5.91 Å². The van der Waals surface area contributed by atoms with E-state index in [0.29, 0.717) is 30.9 Å². The maximum absolute atomic E-state index is 12.4. The van der Waals surface area contributed by atoms with Crippen molar-refractivity contribution in [1.82, 2.24) is 14.5 Å². The summed E-state index contributed by atoms with van der Waals surface area (Å²) in [5.41, 5.74) is 1.76. The van der Waals surface area contributed by atoms with Gasteiger partial charge < -0.3 is 9.64 Å². The van der Waals surface area contributed by atoms with Gasteiger partial charge in [-0.2, -0.15) is 0 Å². The summed E-state index contributed by atoms with van der Waals surface area (Å²) in [6.45, 7) is 5.56. The molecule has 21 heavy (non-hydrogen) atoms. The summed E-state index contributed by atoms with van der Waals surface area (Å²) in [6.07, 6.45) is 1.40. The number of aryl methyl sites for hydroxylation is 1. The van der Waals surface area contributed by atoms with Crippen molar-refractivity contribution in [3.8, 4) is 0 Å². The maximum atomic E-state index is 12.4. The van der Waals surface area contributed by atoms with E-state index in [1.165, 1.54) is 11.3 Å². The Morgan fingerprint density at radius 3 is 3.14 bits per heavy atom. The Bertz CT molecular complexity index is 737. The van der Waals surface area contributed by atoms with E-state index >= 15 is 0 Å². The van der Waals surface area contributed by atoms with Crippen molar-refractivity contribution in [2.45, 2.75) is 26.5 Å². The molecule has 0 aliphatic carbocycles. The summed E-state index contributed by atoms with van der Waals surface area (Å²) in [6, 6.07) is 0. The van der Waals surface area contributed by atoms with Crippen molar-refractivity contribution < 1.29 is 9.53 Å². The summed E-state index contributed by atoms with van der Waals surface area (Å²) in [7, 11) is 0. The van der Waals surface area contributed by atoms with Crippen LogP contribution in [-0.2, 0) is 16.1 Å². The number of thiophene rings is 1. The minimum absolute atomic E-state index is 0.0399. The van der Waals surface area contributed by atoms with E-state index < -0.39 is 0 Å². The van der Waals surface area contributed by atoms with Crippen molar-refractivity contribution in [2.75, 3.05) is 19.7 Å². The fraction of sp³-hybridized carbons (Fsp3) is 0.500. The van der Waals surface area contributed by atoms with Crippen molar-refractivity contribution in [3.05, 3.63) is 27.6 Å². The number of amides is 1. The minimum atomic E-state index is -0.166. The fourth-order valence-electron chi connectivity index (χ4n) is 2.53. The average Bonchev–Trinajstić information content (AvgIpc) is 2.84. The van der Waals surface area contributed by atoms with Gasteiger partial charge in [0.1, 0.15) is 4.70 Å². The van der Waals surface area contributed by atoms with Crippen molar-refractivity contribution in [3.63, 3.8) is 0 Å². The number of rotatable bonds is 2. The van der Waals surface area contributed by atoms with Gasteiger partial charge >= 0.3 is 0 Å². The third kappa shape index (κ3) is 2.71. The van der Waals surface area contributed by atoms with Crippen LogP contribution in [0.1, 0.15) is 12.5 Å². The van der Waals surface area contributed by atoms with Gasteiger partial charge in [-0.25, -0.2) is 4.98 Å². The van der Waals surface area contributed by atoms with Crippen LogP contribution in [-0.4, -0.2) is 46.2 Å². The van der Waals surface area contributed by atoms with Crippen LogP contribution < -0.4 is 5.56 Å². The van der Waals surface area contributed by atoms with Crippen LogP contribution in [0.3, 0.4) is 0 Å². The molecule has 2 aromatic rings. The molecule has 1 unspecified atom stereocenters. The van der Waals surface area contributed by atoms with E-state index in [2.05, 4.69) is 4.98 Å². The first-order chi connectivity index (χ1) is 10.1. The second-order valence-electron chi connectivity index (χ2n) is 5.26.